The van der Waals surface area contributed by atoms with Gasteiger partial charge in [0.1, 0.15) is 11.5 Å². The van der Waals surface area contributed by atoms with Crippen LogP contribution in [0.4, 0.5) is 21.5 Å². The van der Waals surface area contributed by atoms with Crippen LogP contribution in [0, 0.1) is 15.9 Å². The Bertz CT molecular complexity index is 861. The third kappa shape index (κ3) is 6.32. The number of carbonyl (C=O) groups excluding carboxylic acids is 2. The number of likely N-dealkylation sites (N-methyl/N-ethyl adjacent to an activating group) is 1. The Morgan fingerprint density at radius 1 is 1.11 bits per heavy atom. The molecule has 8 nitrogen and oxygen atoms in total. The zero-order chi connectivity index (χ0) is 20.0. The Labute approximate surface area is 159 Å². The molecule has 142 valence electrons. The van der Waals surface area contributed by atoms with Crippen LogP contribution in [-0.4, -0.2) is 36.9 Å². The molecule has 0 fully saturated rings. The minimum absolute atomic E-state index is 0.0203. The summed E-state index contributed by atoms with van der Waals surface area (Å²) >= 11 is 5.73. The van der Waals surface area contributed by atoms with E-state index in [1.165, 1.54) is 36.4 Å². The smallest absolute Gasteiger partial charge is 0.294 e. The highest BCUT2D eigenvalue weighted by Gasteiger charge is 2.19. The van der Waals surface area contributed by atoms with Gasteiger partial charge in [-0.15, -0.1) is 0 Å². The van der Waals surface area contributed by atoms with Crippen molar-refractivity contribution in [1.29, 1.82) is 0 Å². The van der Waals surface area contributed by atoms with Crippen LogP contribution in [0.5, 0.6) is 0 Å². The number of rotatable bonds is 7. The first-order chi connectivity index (χ1) is 12.7. The van der Waals surface area contributed by atoms with Crippen molar-refractivity contribution in [2.45, 2.75) is 0 Å². The van der Waals surface area contributed by atoms with E-state index >= 15 is 0 Å². The summed E-state index contributed by atoms with van der Waals surface area (Å²) in [5.74, 6) is -1.26. The van der Waals surface area contributed by atoms with Crippen LogP contribution in [-0.2, 0) is 9.59 Å². The van der Waals surface area contributed by atoms with Gasteiger partial charge in [0.25, 0.3) is 17.5 Å². The van der Waals surface area contributed by atoms with E-state index in [1.807, 2.05) is 0 Å². The largest absolute Gasteiger partial charge is 0.322 e. The van der Waals surface area contributed by atoms with E-state index in [4.69, 9.17) is 11.6 Å². The molecule has 10 heteroatoms. The lowest BCUT2D eigenvalue weighted by Crippen LogP contribution is -3.11. The molecule has 27 heavy (non-hydrogen) atoms. The third-order valence-electron chi connectivity index (χ3n) is 3.48. The van der Waals surface area contributed by atoms with Gasteiger partial charge in [0, 0.05) is 16.8 Å². The number of quaternary nitrogens is 1. The zero-order valence-electron chi connectivity index (χ0n) is 14.3. The van der Waals surface area contributed by atoms with Crippen molar-refractivity contribution < 1.29 is 23.8 Å². The predicted molar refractivity (Wildman–Crippen MR) is 98.4 cm³/mol. The van der Waals surface area contributed by atoms with Crippen LogP contribution in [0.3, 0.4) is 0 Å². The number of nitro benzene ring substituents is 1. The third-order valence-corrected chi connectivity index (χ3v) is 3.72. The molecule has 2 rings (SSSR count). The van der Waals surface area contributed by atoms with Gasteiger partial charge in [-0.3, -0.25) is 19.7 Å². The zero-order valence-corrected chi connectivity index (χ0v) is 15.0. The highest BCUT2D eigenvalue weighted by Crippen LogP contribution is 2.27. The van der Waals surface area contributed by atoms with Crippen molar-refractivity contribution >= 4 is 40.5 Å². The van der Waals surface area contributed by atoms with Crippen LogP contribution in [0.2, 0.25) is 5.02 Å². The van der Waals surface area contributed by atoms with Gasteiger partial charge < -0.3 is 15.5 Å². The fourth-order valence-corrected chi connectivity index (χ4v) is 2.47. The summed E-state index contributed by atoms with van der Waals surface area (Å²) in [6, 6.07) is 9.21. The number of nitrogens with one attached hydrogen (secondary N) is 3. The van der Waals surface area contributed by atoms with E-state index < -0.39 is 16.6 Å². The average Bonchev–Trinajstić information content (AvgIpc) is 2.58. The fraction of sp³-hybridized carbons (Fsp3) is 0.176. The van der Waals surface area contributed by atoms with Crippen molar-refractivity contribution in [3.8, 4) is 0 Å². The summed E-state index contributed by atoms with van der Waals surface area (Å²) in [5, 5.41) is 16.2. The van der Waals surface area contributed by atoms with Gasteiger partial charge in [-0.05, 0) is 36.4 Å². The summed E-state index contributed by atoms with van der Waals surface area (Å²) in [7, 11) is 1.63. The lowest BCUT2D eigenvalue weighted by Gasteiger charge is -2.14. The minimum atomic E-state index is -0.645. The fourth-order valence-electron chi connectivity index (χ4n) is 2.31. The molecule has 0 aromatic heterocycles. The number of nitro groups is 1. The molecule has 0 saturated carbocycles. The first-order valence-electron chi connectivity index (χ1n) is 7.85. The SMILES string of the molecule is C[NH+](CC(=O)Nc1ccc(F)cc1)CC(=O)Nc1ccc(Cl)cc1[N+](=O)[O-]. The second-order valence-corrected chi connectivity index (χ2v) is 6.27. The molecule has 0 radical (unpaired) electrons. The van der Waals surface area contributed by atoms with Crippen molar-refractivity contribution in [3.05, 3.63) is 63.4 Å². The van der Waals surface area contributed by atoms with E-state index in [2.05, 4.69) is 10.6 Å². The van der Waals surface area contributed by atoms with Crippen molar-refractivity contribution in [2.24, 2.45) is 0 Å². The Kier molecular flexibility index (Phi) is 6.80. The summed E-state index contributed by atoms with van der Waals surface area (Å²) in [4.78, 5) is 35.0. The van der Waals surface area contributed by atoms with Crippen molar-refractivity contribution in [1.82, 2.24) is 0 Å². The number of halogens is 2. The lowest BCUT2D eigenvalue weighted by atomic mass is 10.2. The molecule has 1 unspecified atom stereocenters. The van der Waals surface area contributed by atoms with Gasteiger partial charge in [-0.25, -0.2) is 4.39 Å². The number of hydrogen-bond donors (Lipinski definition) is 3. The monoisotopic (exact) mass is 395 g/mol. The average molecular weight is 396 g/mol. The van der Waals surface area contributed by atoms with E-state index in [-0.39, 0.29) is 35.4 Å². The van der Waals surface area contributed by atoms with Gasteiger partial charge in [0.15, 0.2) is 13.1 Å². The van der Waals surface area contributed by atoms with Gasteiger partial charge in [0.2, 0.25) is 0 Å². The number of hydrogen-bond acceptors (Lipinski definition) is 4. The Morgan fingerprint density at radius 2 is 1.70 bits per heavy atom. The first kappa shape index (κ1) is 20.3. The number of benzene rings is 2. The van der Waals surface area contributed by atoms with Gasteiger partial charge in [-0.1, -0.05) is 11.6 Å². The van der Waals surface area contributed by atoms with Crippen LogP contribution in [0.15, 0.2) is 42.5 Å². The maximum atomic E-state index is 12.8. The minimum Gasteiger partial charge on any atom is -0.322 e. The van der Waals surface area contributed by atoms with Gasteiger partial charge >= 0.3 is 0 Å². The van der Waals surface area contributed by atoms with Crippen LogP contribution in [0.25, 0.3) is 0 Å². The summed E-state index contributed by atoms with van der Waals surface area (Å²) < 4.78 is 12.8. The molecule has 2 amide bonds. The van der Waals surface area contributed by atoms with E-state index in [1.54, 1.807) is 7.05 Å². The van der Waals surface area contributed by atoms with Crippen LogP contribution >= 0.6 is 11.6 Å². The number of anilines is 2. The Balaban J connectivity index is 1.89. The molecule has 0 saturated heterocycles. The Morgan fingerprint density at radius 3 is 2.30 bits per heavy atom. The van der Waals surface area contributed by atoms with Gasteiger partial charge in [0.05, 0.1) is 12.0 Å². The van der Waals surface area contributed by atoms with E-state index in [9.17, 15) is 24.1 Å². The van der Waals surface area contributed by atoms with Crippen LogP contribution < -0.4 is 15.5 Å². The van der Waals surface area contributed by atoms with Crippen molar-refractivity contribution in [3.63, 3.8) is 0 Å². The maximum Gasteiger partial charge on any atom is 0.294 e. The number of carbonyl (C=O) groups is 2. The lowest BCUT2D eigenvalue weighted by molar-refractivity contribution is -0.862. The van der Waals surface area contributed by atoms with E-state index in [0.717, 1.165) is 6.07 Å². The number of nitrogens with zero attached hydrogens (tertiary/aromatic N) is 1. The van der Waals surface area contributed by atoms with Crippen LogP contribution in [0.1, 0.15) is 0 Å². The molecule has 0 aliphatic heterocycles. The maximum absolute atomic E-state index is 12.8. The molecule has 0 spiro atoms. The molecular weight excluding hydrogens is 379 g/mol. The number of amides is 2. The summed E-state index contributed by atoms with van der Waals surface area (Å²) in [5.41, 5.74) is 0.149. The molecule has 0 bridgehead atoms. The molecule has 1 atom stereocenters. The molecule has 2 aromatic rings. The molecule has 0 aliphatic carbocycles. The van der Waals surface area contributed by atoms with E-state index in [0.29, 0.717) is 10.6 Å². The standard InChI is InChI=1S/C17H16ClFN4O4/c1-22(9-16(24)20-13-5-3-12(19)4-6-13)10-17(25)21-14-7-2-11(18)8-15(14)23(26)27/h2-8H,9-10H2,1H3,(H,20,24)(H,21,25)/p+1. The molecule has 2 aromatic carbocycles. The molecule has 0 heterocycles. The summed E-state index contributed by atoms with van der Waals surface area (Å²) in [6.45, 7) is -0.107. The van der Waals surface area contributed by atoms with Gasteiger partial charge in [-0.2, -0.15) is 0 Å². The molecular formula is C17H17ClFN4O4+. The summed E-state index contributed by atoms with van der Waals surface area (Å²) in [6.07, 6.45) is 0. The highest BCUT2D eigenvalue weighted by molar-refractivity contribution is 6.31. The topological polar surface area (TPSA) is 106 Å². The predicted octanol–water partition coefficient (Wildman–Crippen LogP) is 1.48. The second kappa shape index (κ2) is 9.06. The quantitative estimate of drug-likeness (QED) is 0.487. The first-order valence-corrected chi connectivity index (χ1v) is 8.23. The second-order valence-electron chi connectivity index (χ2n) is 5.83. The molecule has 0 aliphatic rings. The van der Waals surface area contributed by atoms with Crippen molar-refractivity contribution in [2.75, 3.05) is 30.8 Å². The Hall–Kier alpha value is -3.04. The molecule has 3 N–H and O–H groups in total. The normalized spacial score (nSPS) is 11.5. The highest BCUT2D eigenvalue weighted by atomic mass is 35.5.